The van der Waals surface area contributed by atoms with Crippen LogP contribution in [0.3, 0.4) is 0 Å². The van der Waals surface area contributed by atoms with Crippen molar-refractivity contribution in [3.05, 3.63) is 53.3 Å². The third kappa shape index (κ3) is 3.18. The van der Waals surface area contributed by atoms with Gasteiger partial charge >= 0.3 is 0 Å². The highest BCUT2D eigenvalue weighted by atomic mass is 19.1. The Morgan fingerprint density at radius 1 is 1.30 bits per heavy atom. The van der Waals surface area contributed by atoms with Crippen LogP contribution in [0, 0.1) is 5.82 Å². The van der Waals surface area contributed by atoms with Crippen LogP contribution < -0.4 is 16.4 Å². The molecular formula is C19H20FN5O2. The maximum atomic E-state index is 14.6. The van der Waals surface area contributed by atoms with Crippen molar-refractivity contribution in [3.8, 4) is 0 Å². The van der Waals surface area contributed by atoms with Crippen molar-refractivity contribution < 1.29 is 14.0 Å². The molecule has 0 saturated carbocycles. The number of carbonyl (C=O) groups excluding carboxylic acids is 1. The van der Waals surface area contributed by atoms with Crippen molar-refractivity contribution in [2.45, 2.75) is 24.9 Å². The second kappa shape index (κ2) is 6.53. The Bertz CT molecular complexity index is 918. The molecule has 27 heavy (non-hydrogen) atoms. The Morgan fingerprint density at radius 2 is 2.07 bits per heavy atom. The molecule has 0 aliphatic carbocycles. The van der Waals surface area contributed by atoms with Crippen LogP contribution >= 0.6 is 0 Å². The number of carbonyl (C=O) groups is 1. The van der Waals surface area contributed by atoms with E-state index in [4.69, 9.17) is 16.3 Å². The number of primary amides is 1. The van der Waals surface area contributed by atoms with E-state index in [1.165, 1.54) is 0 Å². The fourth-order valence-corrected chi connectivity index (χ4v) is 3.72. The number of rotatable bonds is 3. The molecule has 1 aromatic heterocycles. The summed E-state index contributed by atoms with van der Waals surface area (Å²) in [6, 6.07) is 10.9. The minimum Gasteiger partial charge on any atom is -0.387 e. The molecule has 2 aliphatic rings. The molecule has 2 aliphatic heterocycles. The van der Waals surface area contributed by atoms with E-state index in [1.807, 2.05) is 30.3 Å². The number of anilines is 2. The van der Waals surface area contributed by atoms with Gasteiger partial charge in [-0.1, -0.05) is 35.5 Å². The van der Waals surface area contributed by atoms with Crippen LogP contribution in [-0.2, 0) is 4.84 Å². The van der Waals surface area contributed by atoms with Gasteiger partial charge in [0, 0.05) is 13.0 Å². The number of oxime groups is 1. The van der Waals surface area contributed by atoms with Crippen molar-refractivity contribution in [2.24, 2.45) is 10.9 Å². The molecule has 1 unspecified atom stereocenters. The molecule has 1 fully saturated rings. The second-order valence-electron chi connectivity index (χ2n) is 6.97. The third-order valence-electron chi connectivity index (χ3n) is 5.04. The molecule has 4 N–H and O–H groups in total. The quantitative estimate of drug-likeness (QED) is 0.861. The van der Waals surface area contributed by atoms with Crippen LogP contribution in [0.2, 0.25) is 0 Å². The van der Waals surface area contributed by atoms with Gasteiger partial charge in [0.05, 0.1) is 17.8 Å². The van der Waals surface area contributed by atoms with E-state index in [2.05, 4.69) is 10.1 Å². The molecule has 4 rings (SSSR count). The highest BCUT2D eigenvalue weighted by molar-refractivity contribution is 6.01. The van der Waals surface area contributed by atoms with Gasteiger partial charge in [0.25, 0.3) is 5.91 Å². The minimum absolute atomic E-state index is 0.0768. The monoisotopic (exact) mass is 369 g/mol. The van der Waals surface area contributed by atoms with Gasteiger partial charge in [-0.05, 0) is 24.5 Å². The number of hydrogen-bond donors (Lipinski definition) is 2. The molecule has 7 nitrogen and oxygen atoms in total. The summed E-state index contributed by atoms with van der Waals surface area (Å²) < 4.78 is 14.6. The number of nitrogens with two attached hydrogens (primary N) is 2. The van der Waals surface area contributed by atoms with Crippen LogP contribution in [0.15, 0.2) is 41.6 Å². The normalized spacial score (nSPS) is 21.8. The first-order chi connectivity index (χ1) is 13.0. The molecular weight excluding hydrogens is 349 g/mol. The Morgan fingerprint density at radius 3 is 2.81 bits per heavy atom. The number of pyridine rings is 1. The van der Waals surface area contributed by atoms with Crippen LogP contribution in [0.1, 0.15) is 35.2 Å². The van der Waals surface area contributed by atoms with E-state index in [0.717, 1.165) is 30.2 Å². The SMILES string of the molecule is NC(=O)c1cc(F)c(N2CCCC3(CC(c4ccccc4)=NO3)C2)nc1N. The molecule has 1 spiro atoms. The van der Waals surface area contributed by atoms with Crippen molar-refractivity contribution in [3.63, 3.8) is 0 Å². The van der Waals surface area contributed by atoms with Crippen molar-refractivity contribution in [2.75, 3.05) is 23.7 Å². The maximum Gasteiger partial charge on any atom is 0.252 e. The summed E-state index contributed by atoms with van der Waals surface area (Å²) in [7, 11) is 0. The van der Waals surface area contributed by atoms with E-state index in [-0.39, 0.29) is 17.2 Å². The first kappa shape index (κ1) is 17.3. The molecule has 0 radical (unpaired) electrons. The summed E-state index contributed by atoms with van der Waals surface area (Å²) in [5, 5.41) is 4.28. The topological polar surface area (TPSA) is 107 Å². The predicted molar refractivity (Wildman–Crippen MR) is 100.0 cm³/mol. The lowest BCUT2D eigenvalue weighted by atomic mass is 9.86. The van der Waals surface area contributed by atoms with Crippen LogP contribution in [0.25, 0.3) is 0 Å². The van der Waals surface area contributed by atoms with Crippen molar-refractivity contribution in [1.82, 2.24) is 4.98 Å². The van der Waals surface area contributed by atoms with Gasteiger partial charge in [0.1, 0.15) is 5.82 Å². The summed E-state index contributed by atoms with van der Waals surface area (Å²) >= 11 is 0. The first-order valence-corrected chi connectivity index (χ1v) is 8.79. The molecule has 1 aromatic carbocycles. The molecule has 2 aromatic rings. The van der Waals surface area contributed by atoms with E-state index in [9.17, 15) is 9.18 Å². The average Bonchev–Trinajstić information content (AvgIpc) is 3.07. The summed E-state index contributed by atoms with van der Waals surface area (Å²) in [6.07, 6.45) is 2.26. The van der Waals surface area contributed by atoms with E-state index < -0.39 is 17.3 Å². The standard InChI is InChI=1S/C19H20FN5O2/c20-14-9-13(17(22)26)16(21)23-18(14)25-8-4-7-19(11-25)10-15(24-27-19)12-5-2-1-3-6-12/h1-3,5-6,9H,4,7-8,10-11H2,(H2,21,23)(H2,22,26). The van der Waals surface area contributed by atoms with Crippen molar-refractivity contribution in [1.29, 1.82) is 0 Å². The molecule has 1 amide bonds. The average molecular weight is 369 g/mol. The van der Waals surface area contributed by atoms with Crippen LogP contribution in [-0.4, -0.2) is 35.3 Å². The lowest BCUT2D eigenvalue weighted by molar-refractivity contribution is -0.0281. The zero-order valence-electron chi connectivity index (χ0n) is 14.7. The Labute approximate surface area is 155 Å². The summed E-state index contributed by atoms with van der Waals surface area (Å²) in [4.78, 5) is 23.0. The Balaban J connectivity index is 1.56. The Hall–Kier alpha value is -3.16. The number of nitrogens with zero attached hydrogens (tertiary/aromatic N) is 3. The lowest BCUT2D eigenvalue weighted by Gasteiger charge is -2.39. The number of piperidine rings is 1. The zero-order chi connectivity index (χ0) is 19.0. The molecule has 3 heterocycles. The lowest BCUT2D eigenvalue weighted by Crippen LogP contribution is -2.49. The van der Waals surface area contributed by atoms with Gasteiger partial charge in [-0.25, -0.2) is 9.37 Å². The number of amides is 1. The molecule has 1 atom stereocenters. The number of hydrogen-bond acceptors (Lipinski definition) is 6. The van der Waals surface area contributed by atoms with E-state index in [1.54, 1.807) is 4.90 Å². The summed E-state index contributed by atoms with van der Waals surface area (Å²) in [5.41, 5.74) is 12.3. The fourth-order valence-electron chi connectivity index (χ4n) is 3.72. The van der Waals surface area contributed by atoms with E-state index in [0.29, 0.717) is 19.5 Å². The van der Waals surface area contributed by atoms with Gasteiger partial charge < -0.3 is 21.2 Å². The number of nitrogen functional groups attached to an aromatic ring is 1. The van der Waals surface area contributed by atoms with Gasteiger partial charge in [-0.15, -0.1) is 0 Å². The molecule has 140 valence electrons. The summed E-state index contributed by atoms with van der Waals surface area (Å²) in [6.45, 7) is 1.05. The van der Waals surface area contributed by atoms with Gasteiger partial charge in [-0.3, -0.25) is 4.79 Å². The number of halogens is 1. The summed E-state index contributed by atoms with van der Waals surface area (Å²) in [5.74, 6) is -1.40. The van der Waals surface area contributed by atoms with Crippen LogP contribution in [0.5, 0.6) is 0 Å². The molecule has 0 bridgehead atoms. The second-order valence-corrected chi connectivity index (χ2v) is 6.97. The molecule has 8 heteroatoms. The van der Waals surface area contributed by atoms with E-state index >= 15 is 0 Å². The predicted octanol–water partition coefficient (Wildman–Crippen LogP) is 2.07. The van der Waals surface area contributed by atoms with Crippen molar-refractivity contribution >= 4 is 23.3 Å². The Kier molecular flexibility index (Phi) is 4.18. The maximum absolute atomic E-state index is 14.6. The highest BCUT2D eigenvalue weighted by Gasteiger charge is 2.44. The zero-order valence-corrected chi connectivity index (χ0v) is 14.7. The largest absolute Gasteiger partial charge is 0.387 e. The van der Waals surface area contributed by atoms with Gasteiger partial charge in [0.2, 0.25) is 0 Å². The number of benzene rings is 1. The highest BCUT2D eigenvalue weighted by Crippen LogP contribution is 2.37. The third-order valence-corrected chi connectivity index (χ3v) is 5.04. The van der Waals surface area contributed by atoms with Gasteiger partial charge in [-0.2, -0.15) is 0 Å². The smallest absolute Gasteiger partial charge is 0.252 e. The fraction of sp³-hybridized carbons (Fsp3) is 0.316. The minimum atomic E-state index is -0.805. The first-order valence-electron chi connectivity index (χ1n) is 8.79. The number of aromatic nitrogens is 1. The van der Waals surface area contributed by atoms with Crippen LogP contribution in [0.4, 0.5) is 16.0 Å². The van der Waals surface area contributed by atoms with Gasteiger partial charge in [0.15, 0.2) is 17.2 Å². The molecule has 1 saturated heterocycles.